The van der Waals surface area contributed by atoms with Crippen molar-refractivity contribution in [3.8, 4) is 5.75 Å². The number of hydrogen-bond acceptors (Lipinski definition) is 3. The third kappa shape index (κ3) is 5.85. The highest BCUT2D eigenvalue weighted by molar-refractivity contribution is 14.0. The fraction of sp³-hybridized carbons (Fsp3) is 0.333. The second-order valence-corrected chi connectivity index (χ2v) is 6.44. The van der Waals surface area contributed by atoms with Gasteiger partial charge in [-0.1, -0.05) is 24.3 Å². The smallest absolute Gasteiger partial charge is 0.191 e. The Hall–Kier alpha value is -2.29. The van der Waals surface area contributed by atoms with Crippen molar-refractivity contribution in [2.45, 2.75) is 33.4 Å². The average Bonchev–Trinajstić information content (AvgIpc) is 2.98. The molecule has 0 aliphatic rings. The molecule has 7 heteroatoms. The summed E-state index contributed by atoms with van der Waals surface area (Å²) in [4.78, 5) is 9.20. The number of fused-ring (bicyclic) bond motifs is 1. The normalized spacial score (nSPS) is 11.3. The van der Waals surface area contributed by atoms with Gasteiger partial charge in [-0.2, -0.15) is 0 Å². The molecule has 0 radical (unpaired) electrons. The molecular formula is C21H28IN5O. The van der Waals surface area contributed by atoms with Crippen LogP contribution >= 0.6 is 24.0 Å². The Bertz CT molecular complexity index is 922. The Morgan fingerprint density at radius 3 is 2.75 bits per heavy atom. The molecule has 3 N–H and O–H groups in total. The van der Waals surface area contributed by atoms with E-state index in [2.05, 4.69) is 37.3 Å². The molecule has 0 fully saturated rings. The SMILES string of the molecule is CCNC(=NCc1cccc(O)c1)NCCCn1c(C)nc2ccccc21.I. The molecule has 0 bridgehead atoms. The molecule has 0 unspecified atom stereocenters. The van der Waals surface area contributed by atoms with Crippen molar-refractivity contribution in [3.05, 3.63) is 59.9 Å². The van der Waals surface area contributed by atoms with Crippen LogP contribution in [-0.2, 0) is 13.1 Å². The van der Waals surface area contributed by atoms with Gasteiger partial charge < -0.3 is 20.3 Å². The highest BCUT2D eigenvalue weighted by Gasteiger charge is 2.06. The molecule has 2 aromatic carbocycles. The van der Waals surface area contributed by atoms with E-state index in [-0.39, 0.29) is 29.7 Å². The molecule has 6 nitrogen and oxygen atoms in total. The third-order valence-electron chi connectivity index (χ3n) is 4.37. The zero-order chi connectivity index (χ0) is 19.1. The minimum Gasteiger partial charge on any atom is -0.508 e. The Morgan fingerprint density at radius 2 is 1.96 bits per heavy atom. The Labute approximate surface area is 183 Å². The predicted octanol–water partition coefficient (Wildman–Crippen LogP) is 3.81. The lowest BCUT2D eigenvalue weighted by Crippen LogP contribution is -2.38. The molecule has 150 valence electrons. The highest BCUT2D eigenvalue weighted by Crippen LogP contribution is 2.15. The van der Waals surface area contributed by atoms with Gasteiger partial charge in [-0.3, -0.25) is 0 Å². The van der Waals surface area contributed by atoms with Gasteiger partial charge in [-0.05, 0) is 50.1 Å². The van der Waals surface area contributed by atoms with Crippen LogP contribution in [0.25, 0.3) is 11.0 Å². The zero-order valence-electron chi connectivity index (χ0n) is 16.4. The maximum Gasteiger partial charge on any atom is 0.191 e. The monoisotopic (exact) mass is 493 g/mol. The summed E-state index contributed by atoms with van der Waals surface area (Å²) in [6, 6.07) is 15.4. The number of aryl methyl sites for hydroxylation is 2. The van der Waals surface area contributed by atoms with Crippen LogP contribution in [0.4, 0.5) is 0 Å². The first-order valence-corrected chi connectivity index (χ1v) is 9.39. The van der Waals surface area contributed by atoms with Gasteiger partial charge in [0.15, 0.2) is 5.96 Å². The molecular weight excluding hydrogens is 465 g/mol. The molecule has 0 aliphatic heterocycles. The summed E-state index contributed by atoms with van der Waals surface area (Å²) in [5.74, 6) is 2.09. The Morgan fingerprint density at radius 1 is 1.14 bits per heavy atom. The molecule has 0 amide bonds. The quantitative estimate of drug-likeness (QED) is 0.203. The number of phenolic OH excluding ortho intramolecular Hbond substituents is 1. The molecule has 1 heterocycles. The number of guanidine groups is 1. The molecule has 28 heavy (non-hydrogen) atoms. The van der Waals surface area contributed by atoms with E-state index in [0.29, 0.717) is 6.54 Å². The van der Waals surface area contributed by atoms with Crippen LogP contribution < -0.4 is 10.6 Å². The summed E-state index contributed by atoms with van der Waals surface area (Å²) in [6.45, 7) is 7.15. The van der Waals surface area contributed by atoms with Crippen LogP contribution in [0.3, 0.4) is 0 Å². The lowest BCUT2D eigenvalue weighted by Gasteiger charge is -2.12. The lowest BCUT2D eigenvalue weighted by atomic mass is 10.2. The molecule has 0 saturated carbocycles. The van der Waals surface area contributed by atoms with Crippen molar-refractivity contribution in [1.29, 1.82) is 0 Å². The first-order valence-electron chi connectivity index (χ1n) is 9.39. The molecule has 3 aromatic rings. The van der Waals surface area contributed by atoms with E-state index in [4.69, 9.17) is 0 Å². The van der Waals surface area contributed by atoms with Crippen LogP contribution in [0.5, 0.6) is 5.75 Å². The van der Waals surface area contributed by atoms with Gasteiger partial charge in [0.2, 0.25) is 0 Å². The van der Waals surface area contributed by atoms with Gasteiger partial charge in [0.25, 0.3) is 0 Å². The van der Waals surface area contributed by atoms with Gasteiger partial charge in [-0.25, -0.2) is 9.98 Å². The van der Waals surface area contributed by atoms with Crippen molar-refractivity contribution in [2.75, 3.05) is 13.1 Å². The number of nitrogens with zero attached hydrogens (tertiary/aromatic N) is 3. The number of phenols is 1. The second kappa shape index (κ2) is 10.9. The zero-order valence-corrected chi connectivity index (χ0v) is 18.7. The number of imidazole rings is 1. The summed E-state index contributed by atoms with van der Waals surface area (Å²) in [6.07, 6.45) is 0.970. The van der Waals surface area contributed by atoms with E-state index >= 15 is 0 Å². The first kappa shape index (κ1) is 22.0. The van der Waals surface area contributed by atoms with Gasteiger partial charge in [-0.15, -0.1) is 24.0 Å². The number of aliphatic imine (C=N–C) groups is 1. The van der Waals surface area contributed by atoms with Crippen LogP contribution in [0.1, 0.15) is 24.7 Å². The van der Waals surface area contributed by atoms with Crippen molar-refractivity contribution >= 4 is 41.0 Å². The summed E-state index contributed by atoms with van der Waals surface area (Å²) in [5.41, 5.74) is 3.20. The van der Waals surface area contributed by atoms with Gasteiger partial charge in [0.05, 0.1) is 17.6 Å². The maximum absolute atomic E-state index is 9.56. The number of halogens is 1. The Kier molecular flexibility index (Phi) is 8.56. The van der Waals surface area contributed by atoms with Crippen LogP contribution in [0, 0.1) is 6.92 Å². The van der Waals surface area contributed by atoms with Crippen LogP contribution in [0.2, 0.25) is 0 Å². The maximum atomic E-state index is 9.56. The second-order valence-electron chi connectivity index (χ2n) is 6.44. The van der Waals surface area contributed by atoms with E-state index in [9.17, 15) is 5.11 Å². The fourth-order valence-corrected chi connectivity index (χ4v) is 3.09. The topological polar surface area (TPSA) is 74.5 Å². The van der Waals surface area contributed by atoms with E-state index in [1.807, 2.05) is 38.1 Å². The standard InChI is InChI=1S/C21H27N5O.HI/c1-3-22-21(24-15-17-8-6-9-18(27)14-17)23-12-7-13-26-16(2)25-19-10-4-5-11-20(19)26;/h4-6,8-11,14,27H,3,7,12-13,15H2,1-2H3,(H2,22,23,24);1H. The summed E-state index contributed by atoms with van der Waals surface area (Å²) >= 11 is 0. The van der Waals surface area contributed by atoms with E-state index in [1.54, 1.807) is 12.1 Å². The number of nitrogens with one attached hydrogen (secondary N) is 2. The van der Waals surface area contributed by atoms with Crippen molar-refractivity contribution < 1.29 is 5.11 Å². The molecule has 0 aliphatic carbocycles. The minimum absolute atomic E-state index is 0. The number of benzene rings is 2. The predicted molar refractivity (Wildman–Crippen MR) is 125 cm³/mol. The van der Waals surface area contributed by atoms with Gasteiger partial charge in [0, 0.05) is 19.6 Å². The number of para-hydroxylation sites is 2. The molecule has 3 rings (SSSR count). The van der Waals surface area contributed by atoms with Gasteiger partial charge in [0.1, 0.15) is 11.6 Å². The lowest BCUT2D eigenvalue weighted by molar-refractivity contribution is 0.474. The molecule has 0 saturated heterocycles. The largest absolute Gasteiger partial charge is 0.508 e. The number of hydrogen-bond donors (Lipinski definition) is 3. The van der Waals surface area contributed by atoms with Gasteiger partial charge >= 0.3 is 0 Å². The number of aromatic nitrogens is 2. The fourth-order valence-electron chi connectivity index (χ4n) is 3.09. The third-order valence-corrected chi connectivity index (χ3v) is 4.37. The van der Waals surface area contributed by atoms with Crippen molar-refractivity contribution in [2.24, 2.45) is 4.99 Å². The van der Waals surface area contributed by atoms with Crippen molar-refractivity contribution in [3.63, 3.8) is 0 Å². The molecule has 0 spiro atoms. The average molecular weight is 493 g/mol. The molecule has 0 atom stereocenters. The number of rotatable bonds is 7. The van der Waals surface area contributed by atoms with Crippen molar-refractivity contribution in [1.82, 2.24) is 20.2 Å². The summed E-state index contributed by atoms with van der Waals surface area (Å²) in [7, 11) is 0. The summed E-state index contributed by atoms with van der Waals surface area (Å²) in [5, 5.41) is 16.2. The van der Waals surface area contributed by atoms with Crippen LogP contribution in [0.15, 0.2) is 53.5 Å². The first-order chi connectivity index (χ1) is 13.2. The van der Waals surface area contributed by atoms with E-state index in [1.165, 1.54) is 5.52 Å². The summed E-state index contributed by atoms with van der Waals surface area (Å²) < 4.78 is 2.26. The number of aromatic hydroxyl groups is 1. The Balaban J connectivity index is 0.00000280. The molecule has 1 aromatic heterocycles. The van der Waals surface area contributed by atoms with Crippen LogP contribution in [-0.4, -0.2) is 33.7 Å². The van der Waals surface area contributed by atoms with E-state index in [0.717, 1.165) is 48.9 Å². The minimum atomic E-state index is 0. The highest BCUT2D eigenvalue weighted by atomic mass is 127. The van der Waals surface area contributed by atoms with E-state index < -0.39 is 0 Å².